The van der Waals surface area contributed by atoms with Crippen molar-refractivity contribution in [2.75, 3.05) is 0 Å². The highest BCUT2D eigenvalue weighted by Crippen LogP contribution is 2.28. The van der Waals surface area contributed by atoms with E-state index in [1.165, 1.54) is 24.3 Å². The number of aryl methyl sites for hydroxylation is 1. The molecule has 2 rings (SSSR count). The molecule has 0 saturated carbocycles. The first kappa shape index (κ1) is 13.6. The predicted octanol–water partition coefficient (Wildman–Crippen LogP) is 3.29. The molecule has 0 heterocycles. The zero-order valence-corrected chi connectivity index (χ0v) is 11.0. The molecule has 0 spiro atoms. The van der Waals surface area contributed by atoms with Gasteiger partial charge in [0.15, 0.2) is 0 Å². The molecule has 3 heteroatoms. The SMILES string of the molecule is Cc1ccc(F)cc1CC(C)(O)c1ccc(O)cc1. The molecule has 0 radical (unpaired) electrons. The average molecular weight is 260 g/mol. The second kappa shape index (κ2) is 5.02. The fourth-order valence-corrected chi connectivity index (χ4v) is 2.12. The lowest BCUT2D eigenvalue weighted by molar-refractivity contribution is 0.0573. The molecule has 2 N–H and O–H groups in total. The van der Waals surface area contributed by atoms with Crippen molar-refractivity contribution in [1.29, 1.82) is 0 Å². The normalized spacial score (nSPS) is 14.1. The summed E-state index contributed by atoms with van der Waals surface area (Å²) in [4.78, 5) is 0. The van der Waals surface area contributed by atoms with Crippen LogP contribution in [0, 0.1) is 12.7 Å². The van der Waals surface area contributed by atoms with E-state index in [-0.39, 0.29) is 11.6 Å². The fraction of sp³-hybridized carbons (Fsp3) is 0.250. The number of halogens is 1. The van der Waals surface area contributed by atoms with Gasteiger partial charge in [0, 0.05) is 6.42 Å². The predicted molar refractivity (Wildman–Crippen MR) is 72.5 cm³/mol. The molecule has 0 aliphatic heterocycles. The first-order chi connectivity index (χ1) is 8.88. The molecular formula is C16H17FO2. The van der Waals surface area contributed by atoms with Crippen LogP contribution in [-0.2, 0) is 12.0 Å². The van der Waals surface area contributed by atoms with Crippen molar-refractivity contribution in [3.63, 3.8) is 0 Å². The van der Waals surface area contributed by atoms with Crippen LogP contribution >= 0.6 is 0 Å². The van der Waals surface area contributed by atoms with Crippen molar-refractivity contribution >= 4 is 0 Å². The second-order valence-electron chi connectivity index (χ2n) is 5.07. The summed E-state index contributed by atoms with van der Waals surface area (Å²) in [5.41, 5.74) is 1.30. The van der Waals surface area contributed by atoms with Crippen LogP contribution in [0.3, 0.4) is 0 Å². The van der Waals surface area contributed by atoms with Gasteiger partial charge >= 0.3 is 0 Å². The van der Waals surface area contributed by atoms with Crippen LogP contribution in [0.5, 0.6) is 5.75 Å². The van der Waals surface area contributed by atoms with E-state index in [1.807, 2.05) is 6.92 Å². The van der Waals surface area contributed by atoms with E-state index < -0.39 is 5.60 Å². The smallest absolute Gasteiger partial charge is 0.123 e. The van der Waals surface area contributed by atoms with Gasteiger partial charge in [-0.3, -0.25) is 0 Å². The van der Waals surface area contributed by atoms with Gasteiger partial charge in [0.25, 0.3) is 0 Å². The Labute approximate surface area is 112 Å². The van der Waals surface area contributed by atoms with Gasteiger partial charge in [-0.15, -0.1) is 0 Å². The van der Waals surface area contributed by atoms with E-state index in [4.69, 9.17) is 0 Å². The van der Waals surface area contributed by atoms with Crippen LogP contribution in [0.1, 0.15) is 23.6 Å². The Hall–Kier alpha value is -1.87. The van der Waals surface area contributed by atoms with E-state index in [0.717, 1.165) is 11.1 Å². The van der Waals surface area contributed by atoms with Crippen molar-refractivity contribution in [2.45, 2.75) is 25.9 Å². The first-order valence-corrected chi connectivity index (χ1v) is 6.15. The Bertz CT molecular complexity index is 574. The highest BCUT2D eigenvalue weighted by atomic mass is 19.1. The third-order valence-corrected chi connectivity index (χ3v) is 3.34. The van der Waals surface area contributed by atoms with Gasteiger partial charge in [0.05, 0.1) is 5.60 Å². The largest absolute Gasteiger partial charge is 0.508 e. The van der Waals surface area contributed by atoms with Crippen LogP contribution in [-0.4, -0.2) is 10.2 Å². The van der Waals surface area contributed by atoms with Gasteiger partial charge in [-0.05, 0) is 54.8 Å². The minimum atomic E-state index is -1.10. The van der Waals surface area contributed by atoms with Crippen LogP contribution in [0.2, 0.25) is 0 Å². The lowest BCUT2D eigenvalue weighted by atomic mass is 9.87. The molecule has 2 aromatic rings. The Morgan fingerprint density at radius 3 is 2.37 bits per heavy atom. The van der Waals surface area contributed by atoms with E-state index in [1.54, 1.807) is 25.1 Å². The fourth-order valence-electron chi connectivity index (χ4n) is 2.12. The van der Waals surface area contributed by atoms with Crippen LogP contribution < -0.4 is 0 Å². The number of phenols is 1. The van der Waals surface area contributed by atoms with Gasteiger partial charge in [-0.1, -0.05) is 18.2 Å². The number of aromatic hydroxyl groups is 1. The molecule has 1 atom stereocenters. The maximum absolute atomic E-state index is 13.3. The van der Waals surface area contributed by atoms with E-state index in [2.05, 4.69) is 0 Å². The number of benzene rings is 2. The molecular weight excluding hydrogens is 243 g/mol. The number of hydrogen-bond acceptors (Lipinski definition) is 2. The Balaban J connectivity index is 2.30. The Morgan fingerprint density at radius 2 is 1.74 bits per heavy atom. The molecule has 0 saturated heterocycles. The first-order valence-electron chi connectivity index (χ1n) is 6.15. The highest BCUT2D eigenvalue weighted by molar-refractivity contribution is 5.33. The minimum absolute atomic E-state index is 0.154. The standard InChI is InChI=1S/C16H17FO2/c1-11-3-6-14(17)9-12(11)10-16(2,19)13-4-7-15(18)8-5-13/h3-9,18-19H,10H2,1-2H3. The monoisotopic (exact) mass is 260 g/mol. The van der Waals surface area contributed by atoms with Crippen LogP contribution in [0.4, 0.5) is 4.39 Å². The Morgan fingerprint density at radius 1 is 1.11 bits per heavy atom. The summed E-state index contributed by atoms with van der Waals surface area (Å²) in [5, 5.41) is 19.8. The van der Waals surface area contributed by atoms with Crippen molar-refractivity contribution in [2.24, 2.45) is 0 Å². The van der Waals surface area contributed by atoms with Gasteiger partial charge in [-0.25, -0.2) is 4.39 Å². The third kappa shape index (κ3) is 3.12. The van der Waals surface area contributed by atoms with E-state index in [0.29, 0.717) is 12.0 Å². The molecule has 0 amide bonds. The number of rotatable bonds is 3. The Kier molecular flexibility index (Phi) is 3.58. The quantitative estimate of drug-likeness (QED) is 0.889. The second-order valence-corrected chi connectivity index (χ2v) is 5.07. The number of phenolic OH excluding ortho intramolecular Hbond substituents is 1. The van der Waals surface area contributed by atoms with Crippen molar-refractivity contribution in [3.8, 4) is 5.75 Å². The van der Waals surface area contributed by atoms with Crippen molar-refractivity contribution < 1.29 is 14.6 Å². The molecule has 0 aliphatic rings. The summed E-state index contributed by atoms with van der Waals surface area (Å²) in [7, 11) is 0. The molecule has 100 valence electrons. The third-order valence-electron chi connectivity index (χ3n) is 3.34. The molecule has 2 aromatic carbocycles. The van der Waals surface area contributed by atoms with Crippen LogP contribution in [0.15, 0.2) is 42.5 Å². The minimum Gasteiger partial charge on any atom is -0.508 e. The number of hydrogen-bond donors (Lipinski definition) is 2. The summed E-state index contributed by atoms with van der Waals surface area (Å²) in [6.07, 6.45) is 0.321. The van der Waals surface area contributed by atoms with Gasteiger partial charge in [-0.2, -0.15) is 0 Å². The molecule has 0 bridgehead atoms. The molecule has 1 unspecified atom stereocenters. The number of aliphatic hydroxyl groups is 1. The zero-order chi connectivity index (χ0) is 14.0. The topological polar surface area (TPSA) is 40.5 Å². The van der Waals surface area contributed by atoms with Gasteiger partial charge in [0.1, 0.15) is 11.6 Å². The summed E-state index contributed by atoms with van der Waals surface area (Å²) >= 11 is 0. The lowest BCUT2D eigenvalue weighted by Crippen LogP contribution is -2.24. The molecule has 0 fully saturated rings. The summed E-state index contributed by atoms with van der Waals surface area (Å²) in [6, 6.07) is 11.0. The summed E-state index contributed by atoms with van der Waals surface area (Å²) in [5.74, 6) is -0.149. The maximum Gasteiger partial charge on any atom is 0.123 e. The van der Waals surface area contributed by atoms with E-state index >= 15 is 0 Å². The molecule has 0 aliphatic carbocycles. The van der Waals surface area contributed by atoms with Gasteiger partial charge < -0.3 is 10.2 Å². The molecule has 19 heavy (non-hydrogen) atoms. The molecule has 0 aromatic heterocycles. The van der Waals surface area contributed by atoms with Gasteiger partial charge in [0.2, 0.25) is 0 Å². The highest BCUT2D eigenvalue weighted by Gasteiger charge is 2.24. The zero-order valence-electron chi connectivity index (χ0n) is 11.0. The van der Waals surface area contributed by atoms with Crippen molar-refractivity contribution in [3.05, 3.63) is 65.0 Å². The lowest BCUT2D eigenvalue weighted by Gasteiger charge is -2.25. The maximum atomic E-state index is 13.3. The summed E-state index contributed by atoms with van der Waals surface area (Å²) < 4.78 is 13.3. The van der Waals surface area contributed by atoms with E-state index in [9.17, 15) is 14.6 Å². The van der Waals surface area contributed by atoms with Crippen LogP contribution in [0.25, 0.3) is 0 Å². The average Bonchev–Trinajstić information content (AvgIpc) is 2.34. The van der Waals surface area contributed by atoms with Crippen molar-refractivity contribution in [1.82, 2.24) is 0 Å². The summed E-state index contributed by atoms with van der Waals surface area (Å²) in [6.45, 7) is 3.57. The molecule has 2 nitrogen and oxygen atoms in total.